The Kier molecular flexibility index (Phi) is 6.03. The van der Waals surface area contributed by atoms with Gasteiger partial charge in [0.05, 0.1) is 0 Å². The number of carbonyl (C=O) groups is 2. The maximum absolute atomic E-state index is 11.9. The van der Waals surface area contributed by atoms with Crippen LogP contribution < -0.4 is 11.1 Å². The molecule has 1 aromatic carbocycles. The first-order valence-electron chi connectivity index (χ1n) is 6.91. The maximum Gasteiger partial charge on any atom is 0.251 e. The molecule has 5 nitrogen and oxygen atoms in total. The highest BCUT2D eigenvalue weighted by molar-refractivity contribution is 5.95. The molecule has 0 aromatic heterocycles. The highest BCUT2D eigenvalue weighted by Crippen LogP contribution is 2.12. The Morgan fingerprint density at radius 3 is 2.45 bits per heavy atom. The summed E-state index contributed by atoms with van der Waals surface area (Å²) in [7, 11) is 0. The van der Waals surface area contributed by atoms with E-state index in [1.54, 1.807) is 17.0 Å². The minimum Gasteiger partial charge on any atom is -0.398 e. The molecule has 0 aliphatic heterocycles. The number of aryl methyl sites for hydroxylation is 1. The van der Waals surface area contributed by atoms with E-state index in [0.717, 1.165) is 5.56 Å². The van der Waals surface area contributed by atoms with Gasteiger partial charge in [0.25, 0.3) is 5.91 Å². The lowest BCUT2D eigenvalue weighted by molar-refractivity contribution is -0.130. The smallest absolute Gasteiger partial charge is 0.251 e. The van der Waals surface area contributed by atoms with E-state index in [-0.39, 0.29) is 11.8 Å². The third-order valence-electron chi connectivity index (χ3n) is 3.28. The highest BCUT2D eigenvalue weighted by Gasteiger charge is 2.11. The molecule has 20 heavy (non-hydrogen) atoms. The second kappa shape index (κ2) is 7.53. The molecule has 1 aromatic rings. The maximum atomic E-state index is 11.9. The summed E-state index contributed by atoms with van der Waals surface area (Å²) in [5.74, 6) is -0.150. The first-order valence-corrected chi connectivity index (χ1v) is 6.91. The molecule has 0 unspecified atom stereocenters. The fourth-order valence-electron chi connectivity index (χ4n) is 1.90. The van der Waals surface area contributed by atoms with Gasteiger partial charge in [-0.25, -0.2) is 0 Å². The minimum atomic E-state index is -0.205. The number of amides is 2. The monoisotopic (exact) mass is 277 g/mol. The molecule has 110 valence electrons. The molecule has 5 heteroatoms. The number of rotatable bonds is 6. The van der Waals surface area contributed by atoms with Crippen molar-refractivity contribution in [1.82, 2.24) is 10.2 Å². The molecule has 0 aliphatic rings. The Morgan fingerprint density at radius 1 is 1.25 bits per heavy atom. The number of nitrogens with zero attached hydrogens (tertiary/aromatic N) is 1. The summed E-state index contributed by atoms with van der Waals surface area (Å²) in [6, 6.07) is 5.19. The molecule has 0 radical (unpaired) electrons. The van der Waals surface area contributed by atoms with Gasteiger partial charge >= 0.3 is 0 Å². The number of anilines is 1. The van der Waals surface area contributed by atoms with E-state index in [1.807, 2.05) is 26.8 Å². The normalized spacial score (nSPS) is 10.2. The lowest BCUT2D eigenvalue weighted by Crippen LogP contribution is -2.34. The van der Waals surface area contributed by atoms with Gasteiger partial charge in [0.1, 0.15) is 0 Å². The zero-order valence-electron chi connectivity index (χ0n) is 12.4. The fourth-order valence-corrected chi connectivity index (χ4v) is 1.90. The molecule has 0 heterocycles. The minimum absolute atomic E-state index is 0.0544. The van der Waals surface area contributed by atoms with Crippen molar-refractivity contribution in [2.75, 3.05) is 25.4 Å². The van der Waals surface area contributed by atoms with Crippen molar-refractivity contribution < 1.29 is 9.59 Å². The van der Waals surface area contributed by atoms with Gasteiger partial charge in [-0.3, -0.25) is 9.59 Å². The van der Waals surface area contributed by atoms with Crippen LogP contribution in [0.4, 0.5) is 5.69 Å². The van der Waals surface area contributed by atoms with Crippen LogP contribution in [0.2, 0.25) is 0 Å². The zero-order valence-corrected chi connectivity index (χ0v) is 12.4. The first-order chi connectivity index (χ1) is 9.49. The quantitative estimate of drug-likeness (QED) is 0.775. The van der Waals surface area contributed by atoms with Gasteiger partial charge in [-0.1, -0.05) is 6.07 Å². The standard InChI is InChI=1S/C15H23N3O2/c1-4-18(5-2)14(19)8-9-17-15(20)12-7-6-11(3)13(16)10-12/h6-7,10H,4-5,8-9,16H2,1-3H3,(H,17,20). The van der Waals surface area contributed by atoms with E-state index in [4.69, 9.17) is 5.73 Å². The van der Waals surface area contributed by atoms with Gasteiger partial charge in [0.15, 0.2) is 0 Å². The summed E-state index contributed by atoms with van der Waals surface area (Å²) >= 11 is 0. The van der Waals surface area contributed by atoms with Gasteiger partial charge in [-0.05, 0) is 38.5 Å². The van der Waals surface area contributed by atoms with Crippen LogP contribution in [0.3, 0.4) is 0 Å². The zero-order chi connectivity index (χ0) is 15.1. The molecule has 0 bridgehead atoms. The van der Waals surface area contributed by atoms with Crippen LogP contribution in [0, 0.1) is 6.92 Å². The van der Waals surface area contributed by atoms with E-state index in [2.05, 4.69) is 5.32 Å². The fraction of sp³-hybridized carbons (Fsp3) is 0.467. The summed E-state index contributed by atoms with van der Waals surface area (Å²) in [6.07, 6.45) is 0.314. The summed E-state index contributed by atoms with van der Waals surface area (Å²) in [5, 5.41) is 2.74. The summed E-state index contributed by atoms with van der Waals surface area (Å²) in [4.78, 5) is 25.4. The Bertz CT molecular complexity index is 482. The van der Waals surface area contributed by atoms with Crippen LogP contribution in [-0.4, -0.2) is 36.3 Å². The number of hydrogen-bond acceptors (Lipinski definition) is 3. The van der Waals surface area contributed by atoms with Crippen LogP contribution in [0.25, 0.3) is 0 Å². The van der Waals surface area contributed by atoms with E-state index in [9.17, 15) is 9.59 Å². The van der Waals surface area contributed by atoms with Crippen molar-refractivity contribution in [1.29, 1.82) is 0 Å². The molecule has 2 amide bonds. The Labute approximate surface area is 120 Å². The van der Waals surface area contributed by atoms with Crippen molar-refractivity contribution in [2.24, 2.45) is 0 Å². The Hall–Kier alpha value is -2.04. The number of nitrogen functional groups attached to an aromatic ring is 1. The first kappa shape index (κ1) is 16.0. The predicted octanol–water partition coefficient (Wildman–Crippen LogP) is 1.57. The molecule has 0 spiro atoms. The molecule has 0 saturated heterocycles. The lowest BCUT2D eigenvalue weighted by atomic mass is 10.1. The number of nitrogens with two attached hydrogens (primary N) is 1. The predicted molar refractivity (Wildman–Crippen MR) is 80.5 cm³/mol. The molecule has 0 aliphatic carbocycles. The average molecular weight is 277 g/mol. The topological polar surface area (TPSA) is 75.4 Å². The van der Waals surface area contributed by atoms with Crippen molar-refractivity contribution >= 4 is 17.5 Å². The SMILES string of the molecule is CCN(CC)C(=O)CCNC(=O)c1ccc(C)c(N)c1. The Morgan fingerprint density at radius 2 is 1.90 bits per heavy atom. The summed E-state index contributed by atoms with van der Waals surface area (Å²) in [6.45, 7) is 7.49. The second-order valence-corrected chi connectivity index (χ2v) is 4.64. The van der Waals surface area contributed by atoms with Gasteiger partial charge < -0.3 is 16.0 Å². The summed E-state index contributed by atoms with van der Waals surface area (Å²) < 4.78 is 0. The van der Waals surface area contributed by atoms with Crippen LogP contribution in [0.15, 0.2) is 18.2 Å². The average Bonchev–Trinajstić information content (AvgIpc) is 2.43. The van der Waals surface area contributed by atoms with Crippen LogP contribution in [0.5, 0.6) is 0 Å². The van der Waals surface area contributed by atoms with Gasteiger partial charge in [0.2, 0.25) is 5.91 Å². The second-order valence-electron chi connectivity index (χ2n) is 4.64. The van der Waals surface area contributed by atoms with Crippen molar-refractivity contribution in [3.05, 3.63) is 29.3 Å². The van der Waals surface area contributed by atoms with Crippen LogP contribution in [-0.2, 0) is 4.79 Å². The van der Waals surface area contributed by atoms with Gasteiger partial charge in [-0.2, -0.15) is 0 Å². The van der Waals surface area contributed by atoms with E-state index in [1.165, 1.54) is 0 Å². The summed E-state index contributed by atoms with van der Waals surface area (Å²) in [5.41, 5.74) is 7.82. The van der Waals surface area contributed by atoms with Gasteiger partial charge in [0, 0.05) is 37.3 Å². The molecule has 1 rings (SSSR count). The number of benzene rings is 1. The highest BCUT2D eigenvalue weighted by atomic mass is 16.2. The third-order valence-corrected chi connectivity index (χ3v) is 3.28. The number of nitrogens with one attached hydrogen (secondary N) is 1. The number of carbonyl (C=O) groups excluding carboxylic acids is 2. The van der Waals surface area contributed by atoms with E-state index in [0.29, 0.717) is 37.3 Å². The van der Waals surface area contributed by atoms with E-state index >= 15 is 0 Å². The van der Waals surface area contributed by atoms with Crippen LogP contribution in [0.1, 0.15) is 36.2 Å². The molecule has 0 fully saturated rings. The molecule has 0 atom stereocenters. The molecular weight excluding hydrogens is 254 g/mol. The van der Waals surface area contributed by atoms with E-state index < -0.39 is 0 Å². The van der Waals surface area contributed by atoms with Crippen molar-refractivity contribution in [2.45, 2.75) is 27.2 Å². The van der Waals surface area contributed by atoms with Crippen molar-refractivity contribution in [3.8, 4) is 0 Å². The Balaban J connectivity index is 2.47. The van der Waals surface area contributed by atoms with Crippen molar-refractivity contribution in [3.63, 3.8) is 0 Å². The van der Waals surface area contributed by atoms with Crippen LogP contribution >= 0.6 is 0 Å². The lowest BCUT2D eigenvalue weighted by Gasteiger charge is -2.18. The van der Waals surface area contributed by atoms with Gasteiger partial charge in [-0.15, -0.1) is 0 Å². The molecule has 3 N–H and O–H groups in total. The molecule has 0 saturated carbocycles. The number of hydrogen-bond donors (Lipinski definition) is 2. The molecular formula is C15H23N3O2. The third kappa shape index (κ3) is 4.26. The largest absolute Gasteiger partial charge is 0.398 e.